The second kappa shape index (κ2) is 7.44. The van der Waals surface area contributed by atoms with Crippen LogP contribution < -0.4 is 16.0 Å². The maximum atomic E-state index is 14.8. The first-order valence-electron chi connectivity index (χ1n) is 9.61. The number of aromatic nitrogens is 1. The second-order valence-corrected chi connectivity index (χ2v) is 7.63. The van der Waals surface area contributed by atoms with Crippen molar-refractivity contribution in [2.45, 2.75) is 31.3 Å². The SMILES string of the molecule is CC(=O)NC[C@H]1CN(c2ccc(-c3ccc(C4(CN)CC4)nc3)c(F)c2)C(=O)O1. The fourth-order valence-corrected chi connectivity index (χ4v) is 3.58. The Morgan fingerprint density at radius 3 is 2.76 bits per heavy atom. The van der Waals surface area contributed by atoms with E-state index in [0.29, 0.717) is 23.4 Å². The number of nitrogens with zero attached hydrogens (tertiary/aromatic N) is 2. The number of halogens is 1. The average Bonchev–Trinajstić information content (AvgIpc) is 3.43. The number of carbonyl (C=O) groups is 2. The van der Waals surface area contributed by atoms with E-state index in [1.54, 1.807) is 18.3 Å². The highest BCUT2D eigenvalue weighted by atomic mass is 19.1. The van der Waals surface area contributed by atoms with Crippen LogP contribution in [-0.4, -0.2) is 42.7 Å². The Kier molecular flexibility index (Phi) is 4.96. The first-order chi connectivity index (χ1) is 13.9. The van der Waals surface area contributed by atoms with Crippen molar-refractivity contribution in [3.63, 3.8) is 0 Å². The molecule has 2 fully saturated rings. The first kappa shape index (κ1) is 19.3. The topological polar surface area (TPSA) is 97.5 Å². The minimum Gasteiger partial charge on any atom is -0.442 e. The zero-order chi connectivity index (χ0) is 20.6. The van der Waals surface area contributed by atoms with Crippen LogP contribution in [-0.2, 0) is 14.9 Å². The van der Waals surface area contributed by atoms with Crippen molar-refractivity contribution in [1.29, 1.82) is 0 Å². The summed E-state index contributed by atoms with van der Waals surface area (Å²) in [5, 5.41) is 2.61. The number of carbonyl (C=O) groups excluding carboxylic acids is 2. The van der Waals surface area contributed by atoms with E-state index in [-0.39, 0.29) is 24.4 Å². The Morgan fingerprint density at radius 1 is 1.38 bits per heavy atom. The molecule has 1 saturated heterocycles. The molecule has 152 valence electrons. The lowest BCUT2D eigenvalue weighted by atomic mass is 10.00. The second-order valence-electron chi connectivity index (χ2n) is 7.63. The Hall–Kier alpha value is -3.00. The molecule has 1 aromatic carbocycles. The number of benzene rings is 1. The molecule has 1 aromatic heterocycles. The Bertz CT molecular complexity index is 943. The van der Waals surface area contributed by atoms with Crippen LogP contribution in [0.4, 0.5) is 14.9 Å². The zero-order valence-electron chi connectivity index (χ0n) is 16.2. The molecular weight excluding hydrogens is 375 g/mol. The first-order valence-corrected chi connectivity index (χ1v) is 9.61. The van der Waals surface area contributed by atoms with Crippen molar-refractivity contribution in [2.24, 2.45) is 5.73 Å². The summed E-state index contributed by atoms with van der Waals surface area (Å²) in [5.41, 5.74) is 8.27. The summed E-state index contributed by atoms with van der Waals surface area (Å²) >= 11 is 0. The number of anilines is 1. The molecular formula is C21H23FN4O3. The van der Waals surface area contributed by atoms with Gasteiger partial charge in [0, 0.05) is 41.9 Å². The van der Waals surface area contributed by atoms with Crippen LogP contribution in [0.2, 0.25) is 0 Å². The highest BCUT2D eigenvalue weighted by Crippen LogP contribution is 2.46. The molecule has 7 nitrogen and oxygen atoms in total. The number of hydrogen-bond donors (Lipinski definition) is 2. The van der Waals surface area contributed by atoms with E-state index >= 15 is 0 Å². The molecule has 4 rings (SSSR count). The number of amides is 2. The summed E-state index contributed by atoms with van der Waals surface area (Å²) in [5.74, 6) is -0.649. The van der Waals surface area contributed by atoms with Gasteiger partial charge in [0.25, 0.3) is 0 Å². The molecule has 1 aliphatic carbocycles. The summed E-state index contributed by atoms with van der Waals surface area (Å²) < 4.78 is 20.0. The van der Waals surface area contributed by atoms with Gasteiger partial charge in [0.15, 0.2) is 0 Å². The van der Waals surface area contributed by atoms with E-state index in [1.807, 2.05) is 12.1 Å². The van der Waals surface area contributed by atoms with Crippen LogP contribution in [0.1, 0.15) is 25.5 Å². The fraction of sp³-hybridized carbons (Fsp3) is 0.381. The third kappa shape index (κ3) is 3.80. The predicted molar refractivity (Wildman–Crippen MR) is 106 cm³/mol. The number of pyridine rings is 1. The van der Waals surface area contributed by atoms with Gasteiger partial charge in [-0.2, -0.15) is 0 Å². The number of nitrogens with one attached hydrogen (secondary N) is 1. The van der Waals surface area contributed by atoms with Gasteiger partial charge in [0.1, 0.15) is 11.9 Å². The lowest BCUT2D eigenvalue weighted by molar-refractivity contribution is -0.119. The predicted octanol–water partition coefficient (Wildman–Crippen LogP) is 2.34. The van der Waals surface area contributed by atoms with Crippen LogP contribution in [0.15, 0.2) is 36.5 Å². The molecule has 0 radical (unpaired) electrons. The molecule has 0 unspecified atom stereocenters. The van der Waals surface area contributed by atoms with E-state index in [1.165, 1.54) is 17.9 Å². The normalized spacial score (nSPS) is 19.8. The molecule has 2 amide bonds. The van der Waals surface area contributed by atoms with Crippen LogP contribution in [0, 0.1) is 5.82 Å². The van der Waals surface area contributed by atoms with Gasteiger partial charge >= 0.3 is 6.09 Å². The van der Waals surface area contributed by atoms with E-state index in [4.69, 9.17) is 10.5 Å². The van der Waals surface area contributed by atoms with Crippen molar-refractivity contribution in [2.75, 3.05) is 24.5 Å². The molecule has 1 saturated carbocycles. The standard InChI is InChI=1S/C21H23FN4O3/c1-13(27)24-10-16-11-26(20(28)29-16)15-3-4-17(18(22)8-15)14-2-5-19(25-9-14)21(12-23)6-7-21/h2-5,8-9,16H,6-7,10-12,23H2,1H3,(H,24,27)/t16-/m0/s1. The molecule has 2 aliphatic rings. The average molecular weight is 398 g/mol. The molecule has 3 N–H and O–H groups in total. The zero-order valence-corrected chi connectivity index (χ0v) is 16.2. The smallest absolute Gasteiger partial charge is 0.414 e. The van der Waals surface area contributed by atoms with Gasteiger partial charge in [-0.3, -0.25) is 14.7 Å². The fourth-order valence-electron chi connectivity index (χ4n) is 3.58. The van der Waals surface area contributed by atoms with Gasteiger partial charge in [0.2, 0.25) is 5.91 Å². The maximum absolute atomic E-state index is 14.8. The van der Waals surface area contributed by atoms with Crippen LogP contribution >= 0.6 is 0 Å². The van der Waals surface area contributed by atoms with Crippen LogP contribution in [0.3, 0.4) is 0 Å². The van der Waals surface area contributed by atoms with Gasteiger partial charge in [-0.05, 0) is 37.1 Å². The van der Waals surface area contributed by atoms with Crippen molar-refractivity contribution < 1.29 is 18.7 Å². The molecule has 2 aromatic rings. The van der Waals surface area contributed by atoms with Crippen LogP contribution in [0.25, 0.3) is 11.1 Å². The Balaban J connectivity index is 1.50. The van der Waals surface area contributed by atoms with Gasteiger partial charge < -0.3 is 15.8 Å². The maximum Gasteiger partial charge on any atom is 0.414 e. The summed E-state index contributed by atoms with van der Waals surface area (Å²) in [6.45, 7) is 2.43. The third-order valence-corrected chi connectivity index (χ3v) is 5.58. The minimum absolute atomic E-state index is 0.00909. The lowest BCUT2D eigenvalue weighted by Gasteiger charge is -2.15. The number of cyclic esters (lactones) is 1. The largest absolute Gasteiger partial charge is 0.442 e. The summed E-state index contributed by atoms with van der Waals surface area (Å²) in [4.78, 5) is 29.0. The van der Waals surface area contributed by atoms with Gasteiger partial charge in [-0.25, -0.2) is 9.18 Å². The summed E-state index contributed by atoms with van der Waals surface area (Å²) in [7, 11) is 0. The minimum atomic E-state index is -0.560. The molecule has 29 heavy (non-hydrogen) atoms. The molecule has 1 atom stereocenters. The number of ether oxygens (including phenoxy) is 1. The van der Waals surface area contributed by atoms with Crippen molar-refractivity contribution in [3.05, 3.63) is 48.0 Å². The summed E-state index contributed by atoms with van der Waals surface area (Å²) in [6, 6.07) is 8.38. The Morgan fingerprint density at radius 2 is 2.17 bits per heavy atom. The number of hydrogen-bond acceptors (Lipinski definition) is 5. The molecule has 0 bridgehead atoms. The van der Waals surface area contributed by atoms with Crippen LogP contribution in [0.5, 0.6) is 0 Å². The van der Waals surface area contributed by atoms with E-state index < -0.39 is 18.0 Å². The number of rotatable bonds is 6. The lowest BCUT2D eigenvalue weighted by Crippen LogP contribution is -2.33. The third-order valence-electron chi connectivity index (χ3n) is 5.58. The van der Waals surface area contributed by atoms with E-state index in [0.717, 1.165) is 18.5 Å². The van der Waals surface area contributed by atoms with Crippen molar-refractivity contribution >= 4 is 17.7 Å². The van der Waals surface area contributed by atoms with Gasteiger partial charge in [-0.15, -0.1) is 0 Å². The quantitative estimate of drug-likeness (QED) is 0.778. The van der Waals surface area contributed by atoms with Gasteiger partial charge in [0.05, 0.1) is 18.8 Å². The summed E-state index contributed by atoms with van der Waals surface area (Å²) in [6.07, 6.45) is 2.70. The van der Waals surface area contributed by atoms with Crippen molar-refractivity contribution in [1.82, 2.24) is 10.3 Å². The van der Waals surface area contributed by atoms with Gasteiger partial charge in [-0.1, -0.05) is 6.07 Å². The molecule has 1 aliphatic heterocycles. The van der Waals surface area contributed by atoms with Crippen molar-refractivity contribution in [3.8, 4) is 11.1 Å². The monoisotopic (exact) mass is 398 g/mol. The Labute approximate surface area is 168 Å². The highest BCUT2D eigenvalue weighted by molar-refractivity contribution is 5.90. The van der Waals surface area contributed by atoms with E-state index in [9.17, 15) is 14.0 Å². The number of nitrogens with two attached hydrogens (primary N) is 1. The van der Waals surface area contributed by atoms with E-state index in [2.05, 4.69) is 10.3 Å². The molecule has 0 spiro atoms. The highest BCUT2D eigenvalue weighted by Gasteiger charge is 2.44. The molecule has 8 heteroatoms. The molecule has 2 heterocycles.